The first kappa shape index (κ1) is 12.2. The van der Waals surface area contributed by atoms with Gasteiger partial charge in [0.25, 0.3) is 0 Å². The third-order valence-electron chi connectivity index (χ3n) is 2.01. The van der Waals surface area contributed by atoms with E-state index in [-0.39, 0.29) is 29.4 Å². The molecule has 0 saturated carbocycles. The van der Waals surface area contributed by atoms with Gasteiger partial charge in [0, 0.05) is 12.2 Å². The highest BCUT2D eigenvalue weighted by atomic mass is 35.5. The lowest BCUT2D eigenvalue weighted by molar-refractivity contribution is 0.286. The molecule has 15 heavy (non-hydrogen) atoms. The van der Waals surface area contributed by atoms with Crippen molar-refractivity contribution in [2.24, 2.45) is 0 Å². The molecule has 0 fully saturated rings. The summed E-state index contributed by atoms with van der Waals surface area (Å²) in [6.45, 7) is -0.100. The molecule has 0 aromatic heterocycles. The SMILES string of the molecule is COc1c(Cl)cc(F)c(F)c1CCCO. The molecule has 0 bridgehead atoms. The minimum atomic E-state index is -1.01. The molecule has 0 aliphatic rings. The molecule has 0 aliphatic carbocycles. The first-order chi connectivity index (χ1) is 7.11. The van der Waals surface area contributed by atoms with Crippen LogP contribution in [0.25, 0.3) is 0 Å². The van der Waals surface area contributed by atoms with Crippen molar-refractivity contribution in [3.8, 4) is 5.75 Å². The number of hydrogen-bond acceptors (Lipinski definition) is 2. The molecule has 2 nitrogen and oxygen atoms in total. The van der Waals surface area contributed by atoms with Gasteiger partial charge in [0.2, 0.25) is 0 Å². The van der Waals surface area contributed by atoms with Crippen molar-refractivity contribution >= 4 is 11.6 Å². The molecule has 1 N–H and O–H groups in total. The normalized spacial score (nSPS) is 10.5. The van der Waals surface area contributed by atoms with E-state index in [1.54, 1.807) is 0 Å². The van der Waals surface area contributed by atoms with Gasteiger partial charge in [-0.25, -0.2) is 8.78 Å². The minimum absolute atomic E-state index is 0.0318. The Balaban J connectivity index is 3.18. The smallest absolute Gasteiger partial charge is 0.165 e. The topological polar surface area (TPSA) is 29.5 Å². The molecule has 0 radical (unpaired) electrons. The van der Waals surface area contributed by atoms with Crippen LogP contribution in [0.2, 0.25) is 5.02 Å². The summed E-state index contributed by atoms with van der Waals surface area (Å²) in [6, 6.07) is 0.873. The number of ether oxygens (including phenoxy) is 1. The maximum absolute atomic E-state index is 13.4. The predicted molar refractivity (Wildman–Crippen MR) is 53.3 cm³/mol. The van der Waals surface area contributed by atoms with Crippen LogP contribution in [0.4, 0.5) is 8.78 Å². The zero-order valence-electron chi connectivity index (χ0n) is 8.19. The fourth-order valence-electron chi connectivity index (χ4n) is 1.33. The van der Waals surface area contributed by atoms with Crippen LogP contribution in [0.1, 0.15) is 12.0 Å². The van der Waals surface area contributed by atoms with E-state index in [0.29, 0.717) is 6.42 Å². The fraction of sp³-hybridized carbons (Fsp3) is 0.400. The number of hydrogen-bond donors (Lipinski definition) is 1. The summed E-state index contributed by atoms with van der Waals surface area (Å²) in [7, 11) is 1.33. The van der Waals surface area contributed by atoms with Crippen LogP contribution in [0, 0.1) is 11.6 Å². The van der Waals surface area contributed by atoms with Crippen molar-refractivity contribution in [2.45, 2.75) is 12.8 Å². The minimum Gasteiger partial charge on any atom is -0.495 e. The van der Waals surface area contributed by atoms with Crippen molar-refractivity contribution < 1.29 is 18.6 Å². The Morgan fingerprint density at radius 3 is 2.67 bits per heavy atom. The third-order valence-corrected chi connectivity index (χ3v) is 2.29. The molecule has 0 saturated heterocycles. The van der Waals surface area contributed by atoms with Gasteiger partial charge in [-0.1, -0.05) is 11.6 Å². The highest BCUT2D eigenvalue weighted by Crippen LogP contribution is 2.33. The molecule has 1 aromatic carbocycles. The Hall–Kier alpha value is -0.870. The monoisotopic (exact) mass is 236 g/mol. The second kappa shape index (κ2) is 5.28. The molecule has 0 spiro atoms. The van der Waals surface area contributed by atoms with Crippen LogP contribution in [0.5, 0.6) is 5.75 Å². The first-order valence-electron chi connectivity index (χ1n) is 4.43. The van der Waals surface area contributed by atoms with Crippen LogP contribution in [0.15, 0.2) is 6.07 Å². The van der Waals surface area contributed by atoms with Gasteiger partial charge in [0.05, 0.1) is 12.1 Å². The molecule has 84 valence electrons. The molecule has 5 heteroatoms. The molecule has 0 atom stereocenters. The molecule has 0 unspecified atom stereocenters. The number of aliphatic hydroxyl groups is 1. The Morgan fingerprint density at radius 2 is 2.13 bits per heavy atom. The molecular weight excluding hydrogens is 226 g/mol. The van der Waals surface area contributed by atoms with Crippen molar-refractivity contribution in [1.29, 1.82) is 0 Å². The molecule has 0 amide bonds. The molecule has 0 aliphatic heterocycles. The second-order valence-corrected chi connectivity index (χ2v) is 3.40. The molecule has 1 aromatic rings. The van der Waals surface area contributed by atoms with Crippen molar-refractivity contribution in [3.63, 3.8) is 0 Å². The van der Waals surface area contributed by atoms with Gasteiger partial charge in [-0.3, -0.25) is 0 Å². The summed E-state index contributed by atoms with van der Waals surface area (Å²) >= 11 is 5.69. The molecular formula is C10H11ClF2O2. The lowest BCUT2D eigenvalue weighted by atomic mass is 10.1. The summed E-state index contributed by atoms with van der Waals surface area (Å²) in [4.78, 5) is 0. The van der Waals surface area contributed by atoms with Crippen LogP contribution in [-0.4, -0.2) is 18.8 Å². The van der Waals surface area contributed by atoms with Gasteiger partial charge in [-0.15, -0.1) is 0 Å². The summed E-state index contributed by atoms with van der Waals surface area (Å²) in [5.74, 6) is -1.84. The second-order valence-electron chi connectivity index (χ2n) is 2.99. The molecule has 0 heterocycles. The van der Waals surface area contributed by atoms with Gasteiger partial charge in [-0.05, 0) is 18.9 Å². The van der Waals surface area contributed by atoms with Gasteiger partial charge < -0.3 is 9.84 Å². The Morgan fingerprint density at radius 1 is 1.47 bits per heavy atom. The van der Waals surface area contributed by atoms with E-state index >= 15 is 0 Å². The van der Waals surface area contributed by atoms with E-state index < -0.39 is 11.6 Å². The van der Waals surface area contributed by atoms with Gasteiger partial charge >= 0.3 is 0 Å². The number of rotatable bonds is 4. The number of benzene rings is 1. The number of methoxy groups -OCH3 is 1. The zero-order chi connectivity index (χ0) is 11.4. The van der Waals surface area contributed by atoms with Crippen molar-refractivity contribution in [3.05, 3.63) is 28.3 Å². The lowest BCUT2D eigenvalue weighted by Gasteiger charge is -2.11. The molecule has 1 rings (SSSR count). The van der Waals surface area contributed by atoms with Gasteiger partial charge in [0.15, 0.2) is 11.6 Å². The average Bonchev–Trinajstić information content (AvgIpc) is 2.21. The van der Waals surface area contributed by atoms with Crippen LogP contribution in [0.3, 0.4) is 0 Å². The highest BCUT2D eigenvalue weighted by Gasteiger charge is 2.17. The Labute approximate surface area is 91.4 Å². The summed E-state index contributed by atoms with van der Waals surface area (Å²) in [5.41, 5.74) is 0.0663. The van der Waals surface area contributed by atoms with Gasteiger partial charge in [0.1, 0.15) is 5.75 Å². The van der Waals surface area contributed by atoms with Crippen molar-refractivity contribution in [1.82, 2.24) is 0 Å². The van der Waals surface area contributed by atoms with E-state index in [0.717, 1.165) is 6.07 Å². The standard InChI is InChI=1S/C10H11ClF2O2/c1-15-10-6(3-2-4-14)9(13)8(12)5-7(10)11/h5,14H,2-4H2,1H3. The van der Waals surface area contributed by atoms with Crippen molar-refractivity contribution in [2.75, 3.05) is 13.7 Å². The Bertz CT molecular complexity index is 356. The summed E-state index contributed by atoms with van der Waals surface area (Å²) < 4.78 is 31.3. The van der Waals surface area contributed by atoms with Crippen LogP contribution in [-0.2, 0) is 6.42 Å². The maximum atomic E-state index is 13.4. The quantitative estimate of drug-likeness (QED) is 0.815. The summed E-state index contributed by atoms with van der Waals surface area (Å²) in [5, 5.41) is 8.66. The summed E-state index contributed by atoms with van der Waals surface area (Å²) in [6.07, 6.45) is 0.510. The van der Waals surface area contributed by atoms with E-state index in [1.807, 2.05) is 0 Å². The van der Waals surface area contributed by atoms with E-state index in [4.69, 9.17) is 21.4 Å². The number of halogens is 3. The third kappa shape index (κ3) is 2.58. The first-order valence-corrected chi connectivity index (χ1v) is 4.80. The highest BCUT2D eigenvalue weighted by molar-refractivity contribution is 6.32. The zero-order valence-corrected chi connectivity index (χ0v) is 8.94. The fourth-order valence-corrected chi connectivity index (χ4v) is 1.61. The van der Waals surface area contributed by atoms with E-state index in [9.17, 15) is 8.78 Å². The number of aliphatic hydroxyl groups excluding tert-OH is 1. The maximum Gasteiger partial charge on any atom is 0.165 e. The predicted octanol–water partition coefficient (Wildman–Crippen LogP) is 2.55. The van der Waals surface area contributed by atoms with Gasteiger partial charge in [-0.2, -0.15) is 0 Å². The lowest BCUT2D eigenvalue weighted by Crippen LogP contribution is -2.01. The average molecular weight is 237 g/mol. The Kier molecular flexibility index (Phi) is 4.29. The largest absolute Gasteiger partial charge is 0.495 e. The van der Waals surface area contributed by atoms with Crippen LogP contribution < -0.4 is 4.74 Å². The van der Waals surface area contributed by atoms with E-state index in [2.05, 4.69) is 0 Å². The van der Waals surface area contributed by atoms with E-state index in [1.165, 1.54) is 7.11 Å². The van der Waals surface area contributed by atoms with Crippen LogP contribution >= 0.6 is 11.6 Å².